The number of hydrogen-bond donors (Lipinski definition) is 2. The molecule has 2 fully saturated rings. The van der Waals surface area contributed by atoms with Gasteiger partial charge < -0.3 is 19.9 Å². The Labute approximate surface area is 184 Å². The fourth-order valence-electron chi connectivity index (χ4n) is 4.34. The van der Waals surface area contributed by atoms with E-state index >= 15 is 0 Å². The molecule has 5 rings (SSSR count). The molecule has 2 aliphatic heterocycles. The average Bonchev–Trinajstić information content (AvgIpc) is 3.44. The first-order chi connectivity index (χ1) is 15.3. The van der Waals surface area contributed by atoms with Crippen LogP contribution in [-0.4, -0.2) is 65.5 Å². The van der Waals surface area contributed by atoms with Gasteiger partial charge in [0.25, 0.3) is 11.8 Å². The lowest BCUT2D eigenvalue weighted by atomic mass is 10.00. The van der Waals surface area contributed by atoms with Crippen LogP contribution in [0, 0.1) is 11.6 Å². The van der Waals surface area contributed by atoms with Crippen molar-refractivity contribution in [2.45, 2.75) is 25.0 Å². The number of benzene rings is 2. The Bertz CT molecular complexity index is 1090. The van der Waals surface area contributed by atoms with Crippen LogP contribution in [0.3, 0.4) is 0 Å². The van der Waals surface area contributed by atoms with Gasteiger partial charge in [-0.25, -0.2) is 14.2 Å². The summed E-state index contributed by atoms with van der Waals surface area (Å²) in [6.07, 6.45) is 0.898. The fourth-order valence-corrected chi connectivity index (χ4v) is 4.34. The number of hydrazine groups is 1. The molecule has 3 aliphatic rings. The number of carbonyl (C=O) groups is 2. The Morgan fingerprint density at radius 2 is 1.59 bits per heavy atom. The molecule has 2 amide bonds. The Morgan fingerprint density at radius 1 is 0.969 bits per heavy atom. The zero-order chi connectivity index (χ0) is 22.6. The van der Waals surface area contributed by atoms with Crippen LogP contribution >= 0.6 is 0 Å². The molecule has 2 aromatic carbocycles. The Balaban J connectivity index is 1.33. The minimum atomic E-state index is -1.26. The van der Waals surface area contributed by atoms with Crippen molar-refractivity contribution in [1.82, 2.24) is 15.2 Å². The van der Waals surface area contributed by atoms with Crippen molar-refractivity contribution in [2.24, 2.45) is 0 Å². The second-order valence-electron chi connectivity index (χ2n) is 8.67. The molecular formula is C23H24F2N4O3. The van der Waals surface area contributed by atoms with Crippen LogP contribution in [0.4, 0.5) is 14.5 Å². The third kappa shape index (κ3) is 3.51. The van der Waals surface area contributed by atoms with E-state index in [1.165, 1.54) is 21.9 Å². The van der Waals surface area contributed by atoms with E-state index < -0.39 is 28.7 Å². The molecule has 0 radical (unpaired) electrons. The molecule has 0 spiro atoms. The van der Waals surface area contributed by atoms with Crippen molar-refractivity contribution in [1.29, 1.82) is 0 Å². The van der Waals surface area contributed by atoms with Crippen LogP contribution in [0.5, 0.6) is 0 Å². The highest BCUT2D eigenvalue weighted by atomic mass is 19.1. The molecule has 1 saturated heterocycles. The summed E-state index contributed by atoms with van der Waals surface area (Å²) in [6, 6.07) is 7.94. The first-order valence-electron chi connectivity index (χ1n) is 10.7. The predicted octanol–water partition coefficient (Wildman–Crippen LogP) is 1.90. The Kier molecular flexibility index (Phi) is 4.90. The number of amides is 2. The van der Waals surface area contributed by atoms with Crippen LogP contribution in [-0.2, 0) is 11.3 Å². The topological polar surface area (TPSA) is 76.1 Å². The van der Waals surface area contributed by atoms with Crippen LogP contribution in [0.25, 0.3) is 11.1 Å². The summed E-state index contributed by atoms with van der Waals surface area (Å²) < 4.78 is 29.8. The summed E-state index contributed by atoms with van der Waals surface area (Å²) >= 11 is 0. The van der Waals surface area contributed by atoms with Gasteiger partial charge in [-0.15, -0.1) is 0 Å². The van der Waals surface area contributed by atoms with Gasteiger partial charge in [0.05, 0.1) is 5.69 Å². The lowest BCUT2D eigenvalue weighted by molar-refractivity contribution is -0.143. The maximum Gasteiger partial charge on any atom is 0.259 e. The molecule has 2 aromatic rings. The quantitative estimate of drug-likeness (QED) is 0.760. The summed E-state index contributed by atoms with van der Waals surface area (Å²) in [6.45, 7) is 1.47. The van der Waals surface area contributed by atoms with Gasteiger partial charge >= 0.3 is 0 Å². The molecule has 1 saturated carbocycles. The van der Waals surface area contributed by atoms with Gasteiger partial charge in [-0.1, -0.05) is 12.1 Å². The van der Waals surface area contributed by atoms with Crippen LogP contribution in [0.1, 0.15) is 28.8 Å². The van der Waals surface area contributed by atoms with Crippen molar-refractivity contribution >= 4 is 17.5 Å². The van der Waals surface area contributed by atoms with Crippen molar-refractivity contribution in [3.63, 3.8) is 0 Å². The van der Waals surface area contributed by atoms with Crippen LogP contribution in [0.15, 0.2) is 30.3 Å². The number of fused-ring (bicyclic) bond motifs is 1. The minimum Gasteiger partial charge on any atom is -0.380 e. The number of halogens is 2. The van der Waals surface area contributed by atoms with E-state index in [0.29, 0.717) is 30.5 Å². The monoisotopic (exact) mass is 442 g/mol. The van der Waals surface area contributed by atoms with Gasteiger partial charge in [0, 0.05) is 39.8 Å². The molecule has 32 heavy (non-hydrogen) atoms. The van der Waals surface area contributed by atoms with Crippen LogP contribution < -0.4 is 10.4 Å². The molecule has 168 valence electrons. The second-order valence-corrected chi connectivity index (χ2v) is 8.67. The zero-order valence-electron chi connectivity index (χ0n) is 17.7. The van der Waals surface area contributed by atoms with E-state index in [4.69, 9.17) is 0 Å². The first kappa shape index (κ1) is 20.8. The van der Waals surface area contributed by atoms with Crippen LogP contribution in [0.2, 0.25) is 0 Å². The molecule has 0 unspecified atom stereocenters. The van der Waals surface area contributed by atoms with Crippen molar-refractivity contribution in [3.8, 4) is 11.1 Å². The highest BCUT2D eigenvalue weighted by molar-refractivity contribution is 5.96. The Hall–Kier alpha value is -3.04. The lowest BCUT2D eigenvalue weighted by Crippen LogP contribution is -2.53. The zero-order valence-corrected chi connectivity index (χ0v) is 17.7. The average molecular weight is 442 g/mol. The highest BCUT2D eigenvalue weighted by Crippen LogP contribution is 2.37. The number of rotatable bonds is 3. The van der Waals surface area contributed by atoms with E-state index in [1.54, 1.807) is 6.07 Å². The second kappa shape index (κ2) is 7.53. The number of anilines is 1. The molecule has 0 bridgehead atoms. The number of carbonyl (C=O) groups excluding carboxylic acids is 2. The molecule has 7 nitrogen and oxygen atoms in total. The number of nitrogens with zero attached hydrogens (tertiary/aromatic N) is 3. The van der Waals surface area contributed by atoms with E-state index in [-0.39, 0.29) is 32.1 Å². The van der Waals surface area contributed by atoms with Crippen molar-refractivity contribution in [3.05, 3.63) is 53.1 Å². The molecular weight excluding hydrogens is 418 g/mol. The largest absolute Gasteiger partial charge is 0.380 e. The van der Waals surface area contributed by atoms with Gasteiger partial charge in [0.15, 0.2) is 0 Å². The maximum atomic E-state index is 14.9. The summed E-state index contributed by atoms with van der Waals surface area (Å²) in [5.41, 5.74) is 4.35. The smallest absolute Gasteiger partial charge is 0.259 e. The summed E-state index contributed by atoms with van der Waals surface area (Å²) in [5.74, 6) is -2.89. The third-order valence-electron chi connectivity index (χ3n) is 6.52. The molecule has 2 N–H and O–H groups in total. The lowest BCUT2D eigenvalue weighted by Gasteiger charge is -2.35. The van der Waals surface area contributed by atoms with E-state index in [9.17, 15) is 23.5 Å². The molecule has 2 heterocycles. The summed E-state index contributed by atoms with van der Waals surface area (Å²) in [4.78, 5) is 27.9. The van der Waals surface area contributed by atoms with E-state index in [1.807, 2.05) is 24.2 Å². The number of nitrogens with one attached hydrogen (secondary N) is 1. The number of hydrogen-bond acceptors (Lipinski definition) is 5. The Morgan fingerprint density at radius 3 is 2.22 bits per heavy atom. The minimum absolute atomic E-state index is 0.158. The summed E-state index contributed by atoms with van der Waals surface area (Å²) in [5, 5.41) is 11.8. The van der Waals surface area contributed by atoms with E-state index in [0.717, 1.165) is 11.3 Å². The van der Waals surface area contributed by atoms with Crippen molar-refractivity contribution < 1.29 is 23.5 Å². The predicted molar refractivity (Wildman–Crippen MR) is 114 cm³/mol. The number of aliphatic hydroxyl groups is 1. The maximum absolute atomic E-state index is 14.9. The van der Waals surface area contributed by atoms with Crippen molar-refractivity contribution in [2.75, 3.05) is 38.2 Å². The molecule has 0 aromatic heterocycles. The molecule has 1 aliphatic carbocycles. The van der Waals surface area contributed by atoms with Gasteiger partial charge in [-0.05, 0) is 47.7 Å². The highest BCUT2D eigenvalue weighted by Gasteiger charge is 2.50. The molecule has 0 atom stereocenters. The van der Waals surface area contributed by atoms with E-state index in [2.05, 4.69) is 5.43 Å². The number of piperazine rings is 1. The standard InChI is InChI=1S/C23H24F2N4O3/c1-27-19-12-14(2-3-15(19)13-26-27)16-10-17(24)20(18(25)11-16)21(30)28-6-8-29(9-7-28)22(31)23(32)4-5-23/h2-3,10-12,26,32H,4-9,13H2,1H3. The normalized spacial score (nSPS) is 19.2. The van der Waals surface area contributed by atoms with Gasteiger partial charge in [-0.2, -0.15) is 0 Å². The first-order valence-corrected chi connectivity index (χ1v) is 10.7. The molecule has 9 heteroatoms. The third-order valence-corrected chi connectivity index (χ3v) is 6.52. The SMILES string of the molecule is CN1NCc2ccc(-c3cc(F)c(C(=O)N4CCN(C(=O)C5(O)CC5)CC4)c(F)c3)cc21. The van der Waals surface area contributed by atoms with Gasteiger partial charge in [0.1, 0.15) is 22.8 Å². The van der Waals surface area contributed by atoms with Gasteiger partial charge in [-0.3, -0.25) is 9.59 Å². The fraction of sp³-hybridized carbons (Fsp3) is 0.391. The van der Waals surface area contributed by atoms with Gasteiger partial charge in [0.2, 0.25) is 0 Å². The summed E-state index contributed by atoms with van der Waals surface area (Å²) in [7, 11) is 1.87.